The molecule has 0 saturated carbocycles. The Labute approximate surface area is 108 Å². The van der Waals surface area contributed by atoms with Gasteiger partial charge in [-0.3, -0.25) is 4.79 Å². The minimum absolute atomic E-state index is 0.0828. The first-order valence-corrected chi connectivity index (χ1v) is 5.67. The van der Waals surface area contributed by atoms with Gasteiger partial charge in [-0.25, -0.2) is 0 Å². The molecule has 17 heavy (non-hydrogen) atoms. The number of halogens is 2. The van der Waals surface area contributed by atoms with Gasteiger partial charge < -0.3 is 9.72 Å². The van der Waals surface area contributed by atoms with Crippen LogP contribution in [-0.4, -0.2) is 17.4 Å². The van der Waals surface area contributed by atoms with Crippen LogP contribution in [0.25, 0.3) is 0 Å². The van der Waals surface area contributed by atoms with Gasteiger partial charge in [-0.15, -0.1) is 0 Å². The average molecular weight is 270 g/mol. The SMILES string of the molecule is O=C(COc1cc(Cl)ccc1Cl)c1ccc[nH]1. The van der Waals surface area contributed by atoms with Crippen molar-refractivity contribution in [1.82, 2.24) is 4.98 Å². The first-order chi connectivity index (χ1) is 8.16. The molecule has 0 saturated heterocycles. The van der Waals surface area contributed by atoms with Crippen LogP contribution in [0, 0.1) is 0 Å². The van der Waals surface area contributed by atoms with Crippen LogP contribution in [0.15, 0.2) is 36.5 Å². The lowest BCUT2D eigenvalue weighted by atomic mass is 10.3. The maximum atomic E-state index is 11.6. The highest BCUT2D eigenvalue weighted by molar-refractivity contribution is 6.34. The highest BCUT2D eigenvalue weighted by atomic mass is 35.5. The second-order valence-corrected chi connectivity index (χ2v) is 4.21. The minimum Gasteiger partial charge on any atom is -0.484 e. The zero-order valence-corrected chi connectivity index (χ0v) is 10.3. The minimum atomic E-state index is -0.147. The summed E-state index contributed by atoms with van der Waals surface area (Å²) in [6.45, 7) is -0.0828. The molecule has 0 aliphatic carbocycles. The van der Waals surface area contributed by atoms with Crippen molar-refractivity contribution in [3.8, 4) is 5.75 Å². The number of hydrogen-bond donors (Lipinski definition) is 1. The predicted molar refractivity (Wildman–Crippen MR) is 67.1 cm³/mol. The van der Waals surface area contributed by atoms with E-state index < -0.39 is 0 Å². The van der Waals surface area contributed by atoms with Crippen LogP contribution in [0.5, 0.6) is 5.75 Å². The third-order valence-electron chi connectivity index (χ3n) is 2.15. The molecule has 0 bridgehead atoms. The number of carbonyl (C=O) groups excluding carboxylic acids is 1. The summed E-state index contributed by atoms with van der Waals surface area (Å²) >= 11 is 11.7. The summed E-state index contributed by atoms with van der Waals surface area (Å²) in [4.78, 5) is 14.5. The van der Waals surface area contributed by atoms with E-state index in [4.69, 9.17) is 27.9 Å². The Morgan fingerprint density at radius 3 is 2.82 bits per heavy atom. The maximum Gasteiger partial charge on any atom is 0.216 e. The molecule has 0 atom stereocenters. The van der Waals surface area contributed by atoms with Gasteiger partial charge in [0, 0.05) is 17.3 Å². The van der Waals surface area contributed by atoms with Gasteiger partial charge in [0.15, 0.2) is 6.61 Å². The molecule has 0 radical (unpaired) electrons. The second kappa shape index (κ2) is 5.25. The number of ketones is 1. The normalized spacial score (nSPS) is 10.2. The van der Waals surface area contributed by atoms with Gasteiger partial charge in [0.2, 0.25) is 5.78 Å². The Bertz CT molecular complexity index is 523. The van der Waals surface area contributed by atoms with Crippen molar-refractivity contribution >= 4 is 29.0 Å². The van der Waals surface area contributed by atoms with Gasteiger partial charge in [-0.2, -0.15) is 0 Å². The molecule has 1 aromatic carbocycles. The van der Waals surface area contributed by atoms with E-state index in [1.807, 2.05) is 0 Å². The number of Topliss-reactive ketones (excluding diaryl/α,β-unsaturated/α-hetero) is 1. The Hall–Kier alpha value is -1.45. The highest BCUT2D eigenvalue weighted by Crippen LogP contribution is 2.27. The number of hydrogen-bond acceptors (Lipinski definition) is 2. The summed E-state index contributed by atoms with van der Waals surface area (Å²) in [5.74, 6) is 0.255. The van der Waals surface area contributed by atoms with Gasteiger partial charge in [0.05, 0.1) is 10.7 Å². The van der Waals surface area contributed by atoms with Crippen molar-refractivity contribution in [3.05, 3.63) is 52.3 Å². The number of carbonyl (C=O) groups is 1. The molecular weight excluding hydrogens is 261 g/mol. The molecule has 5 heteroatoms. The largest absolute Gasteiger partial charge is 0.484 e. The summed E-state index contributed by atoms with van der Waals surface area (Å²) < 4.78 is 5.32. The number of ether oxygens (including phenoxy) is 1. The number of aromatic nitrogens is 1. The fourth-order valence-corrected chi connectivity index (χ4v) is 1.65. The maximum absolute atomic E-state index is 11.6. The lowest BCUT2D eigenvalue weighted by Crippen LogP contribution is -2.12. The summed E-state index contributed by atoms with van der Waals surface area (Å²) in [5, 5.41) is 0.936. The van der Waals surface area contributed by atoms with E-state index in [0.717, 1.165) is 0 Å². The molecule has 2 aromatic rings. The molecule has 1 heterocycles. The van der Waals surface area contributed by atoms with E-state index in [-0.39, 0.29) is 12.4 Å². The van der Waals surface area contributed by atoms with Crippen molar-refractivity contribution in [2.45, 2.75) is 0 Å². The molecule has 0 fully saturated rings. The highest BCUT2D eigenvalue weighted by Gasteiger charge is 2.09. The first-order valence-electron chi connectivity index (χ1n) is 4.91. The van der Waals surface area contributed by atoms with E-state index in [1.54, 1.807) is 36.5 Å². The number of H-pyrrole nitrogens is 1. The van der Waals surface area contributed by atoms with Crippen LogP contribution < -0.4 is 4.74 Å². The van der Waals surface area contributed by atoms with Gasteiger partial charge in [0.1, 0.15) is 5.75 Å². The van der Waals surface area contributed by atoms with Crippen molar-refractivity contribution in [2.75, 3.05) is 6.61 Å². The van der Waals surface area contributed by atoms with Gasteiger partial charge in [0.25, 0.3) is 0 Å². The Morgan fingerprint density at radius 1 is 1.29 bits per heavy atom. The van der Waals surface area contributed by atoms with Crippen LogP contribution in [0.3, 0.4) is 0 Å². The summed E-state index contributed by atoms with van der Waals surface area (Å²) in [6, 6.07) is 8.29. The summed E-state index contributed by atoms with van der Waals surface area (Å²) in [6.07, 6.45) is 1.68. The number of aromatic amines is 1. The predicted octanol–water partition coefficient (Wildman–Crippen LogP) is 3.58. The van der Waals surface area contributed by atoms with Crippen molar-refractivity contribution in [1.29, 1.82) is 0 Å². The summed E-state index contributed by atoms with van der Waals surface area (Å²) in [5.41, 5.74) is 0.503. The molecular formula is C12H9Cl2NO2. The Morgan fingerprint density at radius 2 is 2.12 bits per heavy atom. The fourth-order valence-electron chi connectivity index (χ4n) is 1.31. The van der Waals surface area contributed by atoms with Crippen LogP contribution in [0.2, 0.25) is 10.0 Å². The zero-order valence-electron chi connectivity index (χ0n) is 8.74. The molecule has 0 aliphatic heterocycles. The van der Waals surface area contributed by atoms with Crippen molar-refractivity contribution < 1.29 is 9.53 Å². The molecule has 0 aliphatic rings. The third-order valence-corrected chi connectivity index (χ3v) is 2.70. The fraction of sp³-hybridized carbons (Fsp3) is 0.0833. The number of nitrogens with one attached hydrogen (secondary N) is 1. The second-order valence-electron chi connectivity index (χ2n) is 3.37. The van der Waals surface area contributed by atoms with Crippen LogP contribution in [0.4, 0.5) is 0 Å². The molecule has 1 aromatic heterocycles. The monoisotopic (exact) mass is 269 g/mol. The van der Waals surface area contributed by atoms with E-state index in [2.05, 4.69) is 4.98 Å². The number of benzene rings is 1. The van der Waals surface area contributed by atoms with Gasteiger partial charge >= 0.3 is 0 Å². The van der Waals surface area contributed by atoms with Crippen molar-refractivity contribution in [3.63, 3.8) is 0 Å². The molecule has 0 spiro atoms. The Balaban J connectivity index is 2.03. The van der Waals surface area contributed by atoms with Crippen LogP contribution in [0.1, 0.15) is 10.5 Å². The van der Waals surface area contributed by atoms with Crippen molar-refractivity contribution in [2.24, 2.45) is 0 Å². The molecule has 0 unspecified atom stereocenters. The molecule has 1 N–H and O–H groups in total. The molecule has 2 rings (SSSR count). The van der Waals surface area contributed by atoms with E-state index in [1.165, 1.54) is 0 Å². The standard InChI is InChI=1S/C12H9Cl2NO2/c13-8-3-4-9(14)12(6-8)17-7-11(16)10-2-1-5-15-10/h1-6,15H,7H2. The Kier molecular flexibility index (Phi) is 3.71. The topological polar surface area (TPSA) is 42.1 Å². The number of rotatable bonds is 4. The smallest absolute Gasteiger partial charge is 0.216 e. The van der Waals surface area contributed by atoms with Crippen LogP contribution >= 0.6 is 23.2 Å². The van der Waals surface area contributed by atoms with Gasteiger partial charge in [-0.05, 0) is 24.3 Å². The van der Waals surface area contributed by atoms with E-state index >= 15 is 0 Å². The molecule has 3 nitrogen and oxygen atoms in total. The van der Waals surface area contributed by atoms with E-state index in [9.17, 15) is 4.79 Å². The lowest BCUT2D eigenvalue weighted by molar-refractivity contribution is 0.0917. The molecule has 0 amide bonds. The average Bonchev–Trinajstić information content (AvgIpc) is 2.83. The van der Waals surface area contributed by atoms with Gasteiger partial charge in [-0.1, -0.05) is 23.2 Å². The quantitative estimate of drug-likeness (QED) is 0.863. The lowest BCUT2D eigenvalue weighted by Gasteiger charge is -2.06. The third kappa shape index (κ3) is 3.02. The molecule has 88 valence electrons. The zero-order chi connectivity index (χ0) is 12.3. The van der Waals surface area contributed by atoms with E-state index in [0.29, 0.717) is 21.5 Å². The first kappa shape index (κ1) is 12.0. The summed E-state index contributed by atoms with van der Waals surface area (Å²) in [7, 11) is 0. The van der Waals surface area contributed by atoms with Crippen LogP contribution in [-0.2, 0) is 0 Å².